The molecule has 0 bridgehead atoms. The number of carbonyl (C=O) groups is 4. The third-order valence-corrected chi connectivity index (χ3v) is 9.74. The number of rotatable bonds is 19. The predicted octanol–water partition coefficient (Wildman–Crippen LogP) is 8.94. The summed E-state index contributed by atoms with van der Waals surface area (Å²) in [5.74, 6) is -2.85. The summed E-state index contributed by atoms with van der Waals surface area (Å²) in [5, 5.41) is 0. The highest BCUT2D eigenvalue weighted by atomic mass is 16.6. The lowest BCUT2D eigenvalue weighted by Gasteiger charge is -2.28. The van der Waals surface area contributed by atoms with Crippen LogP contribution in [0.25, 0.3) is 12.2 Å². The summed E-state index contributed by atoms with van der Waals surface area (Å²) in [6.07, 6.45) is -1.57. The van der Waals surface area contributed by atoms with Crippen molar-refractivity contribution in [3.63, 3.8) is 0 Å². The van der Waals surface area contributed by atoms with Crippen LogP contribution in [0.3, 0.4) is 0 Å². The Hall–Kier alpha value is -8.12. The molecule has 12 nitrogen and oxygen atoms in total. The molecule has 0 fully saturated rings. The highest BCUT2D eigenvalue weighted by molar-refractivity contribution is 5.95. The van der Waals surface area contributed by atoms with Gasteiger partial charge in [0.2, 0.25) is 12.2 Å². The van der Waals surface area contributed by atoms with Crippen molar-refractivity contribution in [3.05, 3.63) is 203 Å². The molecule has 0 unspecified atom stereocenters. The number of hydrogen-bond acceptors (Lipinski definition) is 12. The first kappa shape index (κ1) is 45.4. The molecule has 12 heteroatoms. The standard InChI is InChI=1S/C52H46O12/c1-57-41-29-25-35(33-43(41)59-3)27-31-45(53)61-49(51(55)63-47(37-17-9-5-10-18-37)38-19-11-6-12-20-38)50(62-46(54)32-28-36-26-30-42(58-2)44(34-36)60-4)52(56)64-48(39-21-13-7-14-22-39)40-23-15-8-16-24-40/h5-34,47-50H,1-4H3/b31-27+,32-28+/t49-,50-/m1/s1. The molecule has 2 atom stereocenters. The average Bonchev–Trinajstić information content (AvgIpc) is 3.35. The van der Waals surface area contributed by atoms with Crippen LogP contribution in [-0.2, 0) is 38.1 Å². The van der Waals surface area contributed by atoms with Crippen molar-refractivity contribution in [1.29, 1.82) is 0 Å². The molecule has 0 saturated heterocycles. The number of esters is 4. The van der Waals surface area contributed by atoms with Gasteiger partial charge in [-0.3, -0.25) is 0 Å². The van der Waals surface area contributed by atoms with Crippen LogP contribution in [0.2, 0.25) is 0 Å². The molecule has 0 saturated carbocycles. The number of benzene rings is 6. The monoisotopic (exact) mass is 862 g/mol. The minimum atomic E-state index is -2.20. The second-order valence-corrected chi connectivity index (χ2v) is 13.9. The van der Waals surface area contributed by atoms with E-state index in [9.17, 15) is 19.2 Å². The zero-order valence-electron chi connectivity index (χ0n) is 35.5. The molecule has 0 spiro atoms. The molecule has 0 N–H and O–H groups in total. The smallest absolute Gasteiger partial charge is 0.353 e. The number of ether oxygens (including phenoxy) is 8. The van der Waals surface area contributed by atoms with Crippen LogP contribution in [-0.4, -0.2) is 64.5 Å². The Bertz CT molecular complexity index is 2280. The number of methoxy groups -OCH3 is 4. The van der Waals surface area contributed by atoms with Gasteiger partial charge in [-0.25, -0.2) is 19.2 Å². The molecule has 0 aliphatic carbocycles. The largest absolute Gasteiger partial charge is 0.493 e. The second kappa shape index (κ2) is 22.6. The van der Waals surface area contributed by atoms with E-state index in [1.165, 1.54) is 40.6 Å². The second-order valence-electron chi connectivity index (χ2n) is 13.9. The molecule has 6 aromatic carbocycles. The van der Waals surface area contributed by atoms with Gasteiger partial charge in [0.25, 0.3) is 0 Å². The van der Waals surface area contributed by atoms with E-state index in [0.717, 1.165) is 12.2 Å². The highest BCUT2D eigenvalue weighted by Crippen LogP contribution is 2.32. The first-order valence-corrected chi connectivity index (χ1v) is 20.0. The van der Waals surface area contributed by atoms with E-state index in [-0.39, 0.29) is 0 Å². The van der Waals surface area contributed by atoms with Gasteiger partial charge in [-0.1, -0.05) is 133 Å². The molecule has 0 amide bonds. The third-order valence-electron chi connectivity index (χ3n) is 9.74. The molecule has 326 valence electrons. The summed E-state index contributed by atoms with van der Waals surface area (Å²) in [5.41, 5.74) is 3.31. The Labute approximate surface area is 371 Å². The minimum Gasteiger partial charge on any atom is -0.493 e. The van der Waals surface area contributed by atoms with Crippen LogP contribution < -0.4 is 18.9 Å². The van der Waals surface area contributed by atoms with Gasteiger partial charge in [0.1, 0.15) is 0 Å². The van der Waals surface area contributed by atoms with Crippen molar-refractivity contribution in [1.82, 2.24) is 0 Å². The van der Waals surface area contributed by atoms with Crippen LogP contribution in [0.5, 0.6) is 23.0 Å². The van der Waals surface area contributed by atoms with Gasteiger partial charge in [0.05, 0.1) is 28.4 Å². The maximum atomic E-state index is 14.7. The lowest BCUT2D eigenvalue weighted by molar-refractivity contribution is -0.191. The van der Waals surface area contributed by atoms with Crippen LogP contribution >= 0.6 is 0 Å². The lowest BCUT2D eigenvalue weighted by Crippen LogP contribution is -2.47. The van der Waals surface area contributed by atoms with E-state index in [0.29, 0.717) is 56.4 Å². The third kappa shape index (κ3) is 12.0. The normalized spacial score (nSPS) is 12.0. The van der Waals surface area contributed by atoms with Gasteiger partial charge in [-0.15, -0.1) is 0 Å². The van der Waals surface area contributed by atoms with Gasteiger partial charge in [0.15, 0.2) is 35.2 Å². The van der Waals surface area contributed by atoms with E-state index < -0.39 is 48.3 Å². The van der Waals surface area contributed by atoms with Crippen molar-refractivity contribution in [2.24, 2.45) is 0 Å². The highest BCUT2D eigenvalue weighted by Gasteiger charge is 2.44. The van der Waals surface area contributed by atoms with Gasteiger partial charge < -0.3 is 37.9 Å². The van der Waals surface area contributed by atoms with E-state index in [1.807, 2.05) is 0 Å². The Balaban J connectivity index is 1.42. The van der Waals surface area contributed by atoms with Crippen LogP contribution in [0.15, 0.2) is 170 Å². The Morgan fingerprint density at radius 3 is 0.953 bits per heavy atom. The summed E-state index contributed by atoms with van der Waals surface area (Å²) >= 11 is 0. The Morgan fingerprint density at radius 2 is 0.672 bits per heavy atom. The van der Waals surface area contributed by atoms with Gasteiger partial charge in [0, 0.05) is 12.2 Å². The fourth-order valence-corrected chi connectivity index (χ4v) is 6.57. The van der Waals surface area contributed by atoms with Crippen LogP contribution in [0.4, 0.5) is 0 Å². The molecule has 6 rings (SSSR count). The van der Waals surface area contributed by atoms with E-state index in [1.54, 1.807) is 158 Å². The SMILES string of the molecule is COc1ccc(/C=C/C(=O)O[C@@H](C(=O)OC(c2ccccc2)c2ccccc2)[C@@H](OC(=O)/C=C/c2ccc(OC)c(OC)c2)C(=O)OC(c2ccccc2)c2ccccc2)cc1OC. The van der Waals surface area contributed by atoms with Crippen molar-refractivity contribution in [2.75, 3.05) is 28.4 Å². The fourth-order valence-electron chi connectivity index (χ4n) is 6.57. The molecule has 0 heterocycles. The molecular formula is C52H46O12. The van der Waals surface area contributed by atoms with Crippen molar-refractivity contribution in [2.45, 2.75) is 24.4 Å². The van der Waals surface area contributed by atoms with Crippen molar-refractivity contribution >= 4 is 36.0 Å². The Kier molecular flexibility index (Phi) is 16.1. The maximum Gasteiger partial charge on any atom is 0.353 e. The lowest BCUT2D eigenvalue weighted by atomic mass is 10.0. The Morgan fingerprint density at radius 1 is 0.375 bits per heavy atom. The molecule has 0 aliphatic heterocycles. The van der Waals surface area contributed by atoms with E-state index in [4.69, 9.17) is 37.9 Å². The zero-order chi connectivity index (χ0) is 45.3. The average molecular weight is 863 g/mol. The molecule has 0 radical (unpaired) electrons. The first-order chi connectivity index (χ1) is 31.2. The summed E-state index contributed by atoms with van der Waals surface area (Å²) < 4.78 is 45.4. The van der Waals surface area contributed by atoms with Gasteiger partial charge in [-0.05, 0) is 69.8 Å². The molecular weight excluding hydrogens is 817 g/mol. The van der Waals surface area contributed by atoms with E-state index in [2.05, 4.69) is 0 Å². The van der Waals surface area contributed by atoms with Gasteiger partial charge >= 0.3 is 23.9 Å². The van der Waals surface area contributed by atoms with Gasteiger partial charge in [-0.2, -0.15) is 0 Å². The first-order valence-electron chi connectivity index (χ1n) is 20.0. The fraction of sp³-hybridized carbons (Fsp3) is 0.154. The minimum absolute atomic E-state index is 0.398. The summed E-state index contributed by atoms with van der Waals surface area (Å²) in [6.45, 7) is 0. The number of carbonyl (C=O) groups excluding carboxylic acids is 4. The topological polar surface area (TPSA) is 142 Å². The summed E-state index contributed by atoms with van der Waals surface area (Å²) in [6, 6.07) is 45.3. The van der Waals surface area contributed by atoms with Crippen LogP contribution in [0.1, 0.15) is 45.6 Å². The molecule has 6 aromatic rings. The van der Waals surface area contributed by atoms with Crippen LogP contribution in [0, 0.1) is 0 Å². The zero-order valence-corrected chi connectivity index (χ0v) is 35.5. The molecule has 0 aromatic heterocycles. The van der Waals surface area contributed by atoms with Crippen molar-refractivity contribution in [3.8, 4) is 23.0 Å². The summed E-state index contributed by atoms with van der Waals surface area (Å²) in [7, 11) is 5.92. The van der Waals surface area contributed by atoms with Crippen molar-refractivity contribution < 1.29 is 57.1 Å². The quantitative estimate of drug-likeness (QED) is 0.0436. The predicted molar refractivity (Wildman–Crippen MR) is 239 cm³/mol. The summed E-state index contributed by atoms with van der Waals surface area (Å²) in [4.78, 5) is 57.1. The maximum absolute atomic E-state index is 14.7. The molecule has 0 aliphatic rings. The van der Waals surface area contributed by atoms with E-state index >= 15 is 0 Å². The molecule has 64 heavy (non-hydrogen) atoms. The number of hydrogen-bond donors (Lipinski definition) is 0.